The third kappa shape index (κ3) is 4.95. The van der Waals surface area contributed by atoms with Crippen molar-refractivity contribution in [2.45, 2.75) is 38.4 Å². The van der Waals surface area contributed by atoms with Gasteiger partial charge < -0.3 is 5.32 Å². The highest BCUT2D eigenvalue weighted by atomic mass is 32.2. The monoisotopic (exact) mass is 394 g/mol. The molecule has 0 saturated carbocycles. The van der Waals surface area contributed by atoms with E-state index in [0.29, 0.717) is 28.5 Å². The largest absolute Gasteiger partial charge is 0.338 e. The Hall–Kier alpha value is -2.13. The topological polar surface area (TPSA) is 93.1 Å². The van der Waals surface area contributed by atoms with Crippen LogP contribution in [0.25, 0.3) is 10.2 Å². The summed E-state index contributed by atoms with van der Waals surface area (Å²) in [4.78, 5) is 42.5. The Morgan fingerprint density at radius 2 is 2.19 bits per heavy atom. The van der Waals surface area contributed by atoms with Crippen LogP contribution in [0.5, 0.6) is 0 Å². The third-order valence-corrected chi connectivity index (χ3v) is 5.60. The molecule has 2 heterocycles. The molecule has 0 radical (unpaired) electrons. The molecule has 0 unspecified atom stereocenters. The second-order valence-corrected chi connectivity index (χ2v) is 7.53. The van der Waals surface area contributed by atoms with Gasteiger partial charge in [0.2, 0.25) is 5.91 Å². The number of urea groups is 1. The average Bonchev–Trinajstić information content (AvgIpc) is 3.04. The molecule has 0 saturated heterocycles. The molecular weight excluding hydrogens is 372 g/mol. The summed E-state index contributed by atoms with van der Waals surface area (Å²) in [5.74, 6) is -0.454. The molecule has 2 rings (SSSR count). The van der Waals surface area contributed by atoms with E-state index in [4.69, 9.17) is 0 Å². The lowest BCUT2D eigenvalue weighted by Crippen LogP contribution is -2.40. The predicted octanol–water partition coefficient (Wildman–Crippen LogP) is 2.53. The first-order valence-electron chi connectivity index (χ1n) is 8.34. The number of allylic oxidation sites excluding steroid dienone is 1. The number of nitrogens with one attached hydrogen (secondary N) is 2. The van der Waals surface area contributed by atoms with Crippen molar-refractivity contribution < 1.29 is 9.59 Å². The zero-order chi connectivity index (χ0) is 19.1. The van der Waals surface area contributed by atoms with E-state index < -0.39 is 11.9 Å². The zero-order valence-electron chi connectivity index (χ0n) is 14.8. The minimum Gasteiger partial charge on any atom is -0.338 e. The molecule has 2 aromatic rings. The number of hydrogen-bond acceptors (Lipinski definition) is 6. The van der Waals surface area contributed by atoms with E-state index in [-0.39, 0.29) is 11.3 Å². The van der Waals surface area contributed by atoms with Crippen LogP contribution in [0.15, 0.2) is 28.7 Å². The molecule has 0 aliphatic heterocycles. The number of nitrogens with zero attached hydrogens (tertiary/aromatic N) is 2. The van der Waals surface area contributed by atoms with Crippen LogP contribution < -0.4 is 16.2 Å². The Morgan fingerprint density at radius 1 is 1.42 bits per heavy atom. The van der Waals surface area contributed by atoms with Gasteiger partial charge in [0.05, 0.1) is 11.1 Å². The van der Waals surface area contributed by atoms with Gasteiger partial charge in [-0.05, 0) is 18.9 Å². The van der Waals surface area contributed by atoms with Crippen LogP contribution in [0, 0.1) is 0 Å². The van der Waals surface area contributed by atoms with Gasteiger partial charge in [-0.3, -0.25) is 19.5 Å². The lowest BCUT2D eigenvalue weighted by atomic mass is 10.3. The summed E-state index contributed by atoms with van der Waals surface area (Å²) in [7, 11) is 0. The molecule has 0 spiro atoms. The number of thiophene rings is 1. The number of carbonyl (C=O) groups is 2. The molecule has 7 nitrogen and oxygen atoms in total. The number of carbonyl (C=O) groups excluding carboxylic acids is 2. The molecule has 0 bridgehead atoms. The van der Waals surface area contributed by atoms with E-state index in [2.05, 4.69) is 22.2 Å². The number of rotatable bonds is 8. The SMILES string of the molecule is C=CCn1c(SCC(=O)NC(=O)NCCC)nc2sc(CC)cc2c1=O. The maximum atomic E-state index is 12.7. The number of hydrogen-bond donors (Lipinski definition) is 2. The van der Waals surface area contributed by atoms with Gasteiger partial charge >= 0.3 is 6.03 Å². The minimum absolute atomic E-state index is 0.0132. The number of amides is 3. The van der Waals surface area contributed by atoms with Gasteiger partial charge in [0, 0.05) is 18.0 Å². The Bertz CT molecular complexity index is 873. The number of fused-ring (bicyclic) bond motifs is 1. The standard InChI is InChI=1S/C17H22N4O3S2/c1-4-7-18-16(24)19-13(22)10-25-17-20-14-12(9-11(6-3)26-14)15(23)21(17)8-5-2/h5,9H,2,4,6-8,10H2,1,3H3,(H2,18,19,22,24). The smallest absolute Gasteiger partial charge is 0.321 e. The van der Waals surface area contributed by atoms with Crippen molar-refractivity contribution >= 4 is 45.3 Å². The number of aryl methyl sites for hydroxylation is 1. The van der Waals surface area contributed by atoms with Crippen LogP contribution in [-0.2, 0) is 17.8 Å². The Morgan fingerprint density at radius 3 is 2.85 bits per heavy atom. The van der Waals surface area contributed by atoms with Crippen LogP contribution >= 0.6 is 23.1 Å². The van der Waals surface area contributed by atoms with Gasteiger partial charge in [-0.15, -0.1) is 17.9 Å². The number of aromatic nitrogens is 2. The molecule has 26 heavy (non-hydrogen) atoms. The average molecular weight is 395 g/mol. The molecule has 2 aromatic heterocycles. The van der Waals surface area contributed by atoms with E-state index in [1.54, 1.807) is 6.08 Å². The molecule has 0 atom stereocenters. The van der Waals surface area contributed by atoms with E-state index in [0.717, 1.165) is 29.5 Å². The first kappa shape index (κ1) is 20.2. The van der Waals surface area contributed by atoms with Crippen molar-refractivity contribution in [1.29, 1.82) is 0 Å². The van der Waals surface area contributed by atoms with Crippen molar-refractivity contribution in [3.05, 3.63) is 34.0 Å². The fourth-order valence-corrected chi connectivity index (χ4v) is 4.01. The van der Waals surface area contributed by atoms with Crippen molar-refractivity contribution in [2.75, 3.05) is 12.3 Å². The molecule has 0 aromatic carbocycles. The number of imide groups is 1. The molecule has 0 aliphatic rings. The molecule has 140 valence electrons. The van der Waals surface area contributed by atoms with Gasteiger partial charge in [0.15, 0.2) is 5.16 Å². The van der Waals surface area contributed by atoms with Gasteiger partial charge in [-0.25, -0.2) is 9.78 Å². The van der Waals surface area contributed by atoms with Gasteiger partial charge in [-0.1, -0.05) is 31.7 Å². The van der Waals surface area contributed by atoms with Crippen molar-refractivity contribution in [1.82, 2.24) is 20.2 Å². The zero-order valence-corrected chi connectivity index (χ0v) is 16.5. The Balaban J connectivity index is 2.18. The summed E-state index contributed by atoms with van der Waals surface area (Å²) in [6.07, 6.45) is 3.23. The minimum atomic E-state index is -0.518. The third-order valence-electron chi connectivity index (χ3n) is 3.45. The highest BCUT2D eigenvalue weighted by Crippen LogP contribution is 2.25. The predicted molar refractivity (Wildman–Crippen MR) is 106 cm³/mol. The first-order valence-corrected chi connectivity index (χ1v) is 10.1. The lowest BCUT2D eigenvalue weighted by Gasteiger charge is -2.10. The van der Waals surface area contributed by atoms with Crippen LogP contribution in [0.2, 0.25) is 0 Å². The van der Waals surface area contributed by atoms with Gasteiger partial charge in [0.1, 0.15) is 4.83 Å². The molecule has 0 fully saturated rings. The number of thioether (sulfide) groups is 1. The first-order chi connectivity index (χ1) is 12.5. The van der Waals surface area contributed by atoms with Crippen LogP contribution in [0.3, 0.4) is 0 Å². The van der Waals surface area contributed by atoms with Gasteiger partial charge in [-0.2, -0.15) is 0 Å². The second-order valence-electron chi connectivity index (χ2n) is 5.48. The molecule has 3 amide bonds. The highest BCUT2D eigenvalue weighted by molar-refractivity contribution is 7.99. The molecule has 2 N–H and O–H groups in total. The summed E-state index contributed by atoms with van der Waals surface area (Å²) in [6, 6.07) is 1.35. The lowest BCUT2D eigenvalue weighted by molar-refractivity contribution is -0.117. The van der Waals surface area contributed by atoms with Crippen LogP contribution in [0.1, 0.15) is 25.1 Å². The highest BCUT2D eigenvalue weighted by Gasteiger charge is 2.15. The fourth-order valence-electron chi connectivity index (χ4n) is 2.20. The summed E-state index contributed by atoms with van der Waals surface area (Å²) < 4.78 is 1.50. The summed E-state index contributed by atoms with van der Waals surface area (Å²) in [5, 5.41) is 5.86. The molecule has 9 heteroatoms. The van der Waals surface area contributed by atoms with Gasteiger partial charge in [0.25, 0.3) is 5.56 Å². The van der Waals surface area contributed by atoms with Crippen LogP contribution in [-0.4, -0.2) is 33.8 Å². The maximum absolute atomic E-state index is 12.7. The van der Waals surface area contributed by atoms with E-state index in [1.807, 2.05) is 19.9 Å². The maximum Gasteiger partial charge on any atom is 0.321 e. The molecular formula is C17H22N4O3S2. The van der Waals surface area contributed by atoms with Crippen molar-refractivity contribution in [3.63, 3.8) is 0 Å². The normalized spacial score (nSPS) is 10.7. The second kappa shape index (κ2) is 9.54. The summed E-state index contributed by atoms with van der Waals surface area (Å²) in [5.41, 5.74) is -0.144. The van der Waals surface area contributed by atoms with Crippen molar-refractivity contribution in [3.8, 4) is 0 Å². The van der Waals surface area contributed by atoms with E-state index in [9.17, 15) is 14.4 Å². The molecule has 0 aliphatic carbocycles. The van der Waals surface area contributed by atoms with Crippen LogP contribution in [0.4, 0.5) is 4.79 Å². The summed E-state index contributed by atoms with van der Waals surface area (Å²) in [6.45, 7) is 8.43. The Labute approximate surface area is 159 Å². The Kier molecular flexibility index (Phi) is 7.40. The quantitative estimate of drug-likeness (QED) is 0.408. The van der Waals surface area contributed by atoms with E-state index >= 15 is 0 Å². The van der Waals surface area contributed by atoms with Crippen molar-refractivity contribution in [2.24, 2.45) is 0 Å². The summed E-state index contributed by atoms with van der Waals surface area (Å²) >= 11 is 2.60. The fraction of sp³-hybridized carbons (Fsp3) is 0.412. The van der Waals surface area contributed by atoms with E-state index in [1.165, 1.54) is 15.9 Å².